The molecular formula is C8H13Br2NO3. The number of aliphatic hydroxyl groups excluding tert-OH is 1. The molecule has 0 aromatic carbocycles. The number of likely N-dealkylation sites (tertiary alicyclic amines) is 1. The standard InChI is InChI=1S/C8H13Br2NO3/c1-5(2)14-7(13)11-4-3-8(9,10)6(11)12/h5-6,12H,3-4H2,1-2H3/t6-/m1/s1. The number of ether oxygens (including phenoxy) is 1. The fourth-order valence-electron chi connectivity index (χ4n) is 1.21. The number of amides is 1. The van der Waals surface area contributed by atoms with Gasteiger partial charge < -0.3 is 9.84 Å². The van der Waals surface area contributed by atoms with E-state index in [-0.39, 0.29) is 6.10 Å². The van der Waals surface area contributed by atoms with Crippen LogP contribution in [0.15, 0.2) is 0 Å². The number of aliphatic hydroxyl groups is 1. The number of carbonyl (C=O) groups is 1. The van der Waals surface area contributed by atoms with Crippen molar-refractivity contribution in [3.05, 3.63) is 0 Å². The molecule has 0 bridgehead atoms. The number of alkyl halides is 2. The van der Waals surface area contributed by atoms with Crippen LogP contribution in [0.25, 0.3) is 0 Å². The molecule has 0 aliphatic carbocycles. The first-order valence-electron chi connectivity index (χ1n) is 4.38. The second kappa shape index (κ2) is 4.37. The molecule has 1 saturated heterocycles. The zero-order chi connectivity index (χ0) is 10.9. The largest absolute Gasteiger partial charge is 0.447 e. The molecule has 6 heteroatoms. The fraction of sp³-hybridized carbons (Fsp3) is 0.875. The van der Waals surface area contributed by atoms with Crippen LogP contribution < -0.4 is 0 Å². The van der Waals surface area contributed by atoms with Crippen molar-refractivity contribution < 1.29 is 14.6 Å². The van der Waals surface area contributed by atoms with Crippen molar-refractivity contribution in [2.75, 3.05) is 6.54 Å². The molecule has 1 atom stereocenters. The third-order valence-corrected chi connectivity index (χ3v) is 3.54. The minimum absolute atomic E-state index is 0.171. The number of hydrogen-bond donors (Lipinski definition) is 1. The van der Waals surface area contributed by atoms with Gasteiger partial charge in [-0.2, -0.15) is 0 Å². The maximum Gasteiger partial charge on any atom is 0.412 e. The van der Waals surface area contributed by atoms with Crippen molar-refractivity contribution in [3.8, 4) is 0 Å². The van der Waals surface area contributed by atoms with Crippen LogP contribution in [0.4, 0.5) is 4.79 Å². The highest BCUT2D eigenvalue weighted by molar-refractivity contribution is 9.25. The molecule has 1 heterocycles. The Bertz CT molecular complexity index is 233. The summed E-state index contributed by atoms with van der Waals surface area (Å²) in [7, 11) is 0. The molecule has 0 spiro atoms. The van der Waals surface area contributed by atoms with E-state index >= 15 is 0 Å². The van der Waals surface area contributed by atoms with Gasteiger partial charge in [-0.05, 0) is 20.3 Å². The zero-order valence-corrected chi connectivity index (χ0v) is 11.2. The van der Waals surface area contributed by atoms with Crippen LogP contribution in [0.3, 0.4) is 0 Å². The van der Waals surface area contributed by atoms with Gasteiger partial charge in [-0.1, -0.05) is 31.9 Å². The smallest absolute Gasteiger partial charge is 0.412 e. The molecule has 4 nitrogen and oxygen atoms in total. The molecule has 0 aromatic rings. The lowest BCUT2D eigenvalue weighted by molar-refractivity contribution is 0.0141. The van der Waals surface area contributed by atoms with Crippen molar-refractivity contribution >= 4 is 38.0 Å². The SMILES string of the molecule is CC(C)OC(=O)N1CCC(Br)(Br)[C@H]1O. The molecule has 0 radical (unpaired) electrons. The van der Waals surface area contributed by atoms with Crippen LogP contribution in [0.1, 0.15) is 20.3 Å². The maximum absolute atomic E-state index is 11.5. The van der Waals surface area contributed by atoms with Crippen LogP contribution in [-0.4, -0.2) is 38.2 Å². The molecule has 1 aliphatic heterocycles. The molecule has 0 unspecified atom stereocenters. The summed E-state index contributed by atoms with van der Waals surface area (Å²) in [6.07, 6.45) is -0.904. The summed E-state index contributed by atoms with van der Waals surface area (Å²) in [5, 5.41) is 9.73. The van der Waals surface area contributed by atoms with E-state index in [0.717, 1.165) is 0 Å². The van der Waals surface area contributed by atoms with E-state index in [1.165, 1.54) is 4.90 Å². The second-order valence-electron chi connectivity index (χ2n) is 3.51. The Morgan fingerprint density at radius 3 is 2.57 bits per heavy atom. The minimum atomic E-state index is -0.895. The number of halogens is 2. The molecule has 0 aromatic heterocycles. The van der Waals surface area contributed by atoms with E-state index in [2.05, 4.69) is 31.9 Å². The quantitative estimate of drug-likeness (QED) is 0.748. The molecule has 82 valence electrons. The minimum Gasteiger partial charge on any atom is -0.447 e. The summed E-state index contributed by atoms with van der Waals surface area (Å²) >= 11 is 6.60. The third-order valence-electron chi connectivity index (χ3n) is 1.93. The number of hydrogen-bond acceptors (Lipinski definition) is 3. The Labute approximate surface area is 99.9 Å². The molecule has 1 N–H and O–H groups in total. The van der Waals surface area contributed by atoms with E-state index < -0.39 is 15.6 Å². The first-order chi connectivity index (χ1) is 6.34. The summed E-state index contributed by atoms with van der Waals surface area (Å²) in [6, 6.07) is 0. The van der Waals surface area contributed by atoms with E-state index in [9.17, 15) is 9.90 Å². The van der Waals surface area contributed by atoms with Crippen molar-refractivity contribution in [2.45, 2.75) is 35.8 Å². The predicted octanol–water partition coefficient (Wildman–Crippen LogP) is 2.04. The predicted molar refractivity (Wildman–Crippen MR) is 59.5 cm³/mol. The summed E-state index contributed by atoms with van der Waals surface area (Å²) in [5.74, 6) is 0. The van der Waals surface area contributed by atoms with Crippen LogP contribution in [0.5, 0.6) is 0 Å². The fourth-order valence-corrected chi connectivity index (χ4v) is 2.06. The number of nitrogens with zero attached hydrogens (tertiary/aromatic N) is 1. The molecule has 0 saturated carbocycles. The molecule has 1 fully saturated rings. The lowest BCUT2D eigenvalue weighted by Gasteiger charge is -2.25. The van der Waals surface area contributed by atoms with Crippen molar-refractivity contribution in [1.29, 1.82) is 0 Å². The highest BCUT2D eigenvalue weighted by atomic mass is 79.9. The zero-order valence-electron chi connectivity index (χ0n) is 8.04. The van der Waals surface area contributed by atoms with E-state index in [0.29, 0.717) is 13.0 Å². The van der Waals surface area contributed by atoms with Gasteiger partial charge in [0.15, 0.2) is 6.23 Å². The third kappa shape index (κ3) is 2.61. The average molecular weight is 331 g/mol. The van der Waals surface area contributed by atoms with Gasteiger partial charge in [0.2, 0.25) is 0 Å². The van der Waals surface area contributed by atoms with Gasteiger partial charge in [-0.3, -0.25) is 4.90 Å². The lowest BCUT2D eigenvalue weighted by Crippen LogP contribution is -2.41. The van der Waals surface area contributed by atoms with E-state index in [1.807, 2.05) is 0 Å². The Kier molecular flexibility index (Phi) is 3.82. The van der Waals surface area contributed by atoms with Crippen molar-refractivity contribution in [3.63, 3.8) is 0 Å². The Balaban J connectivity index is 2.59. The second-order valence-corrected chi connectivity index (χ2v) is 7.40. The van der Waals surface area contributed by atoms with Gasteiger partial charge in [-0.15, -0.1) is 0 Å². The monoisotopic (exact) mass is 329 g/mol. The molecular weight excluding hydrogens is 318 g/mol. The van der Waals surface area contributed by atoms with Crippen LogP contribution in [0.2, 0.25) is 0 Å². The van der Waals surface area contributed by atoms with Gasteiger partial charge in [0, 0.05) is 6.54 Å². The number of rotatable bonds is 1. The van der Waals surface area contributed by atoms with E-state index in [1.54, 1.807) is 13.8 Å². The summed E-state index contributed by atoms with van der Waals surface area (Å²) in [5.41, 5.74) is 0. The van der Waals surface area contributed by atoms with E-state index in [4.69, 9.17) is 4.74 Å². The van der Waals surface area contributed by atoms with Crippen LogP contribution >= 0.6 is 31.9 Å². The lowest BCUT2D eigenvalue weighted by atomic mass is 10.4. The average Bonchev–Trinajstić information content (AvgIpc) is 2.26. The molecule has 1 amide bonds. The summed E-state index contributed by atoms with van der Waals surface area (Å²) in [4.78, 5) is 12.8. The van der Waals surface area contributed by atoms with Gasteiger partial charge in [0.25, 0.3) is 0 Å². The molecule has 14 heavy (non-hydrogen) atoms. The van der Waals surface area contributed by atoms with Crippen LogP contribution in [0, 0.1) is 0 Å². The summed E-state index contributed by atoms with van der Waals surface area (Å²) in [6.45, 7) is 4.02. The van der Waals surface area contributed by atoms with Crippen LogP contribution in [-0.2, 0) is 4.74 Å². The maximum atomic E-state index is 11.5. The molecule has 1 aliphatic rings. The van der Waals surface area contributed by atoms with Gasteiger partial charge >= 0.3 is 6.09 Å². The van der Waals surface area contributed by atoms with Crippen molar-refractivity contribution in [2.24, 2.45) is 0 Å². The normalized spacial score (nSPS) is 25.6. The number of carbonyl (C=O) groups excluding carboxylic acids is 1. The highest BCUT2D eigenvalue weighted by Crippen LogP contribution is 2.40. The van der Waals surface area contributed by atoms with Gasteiger partial charge in [0.05, 0.1) is 6.10 Å². The highest BCUT2D eigenvalue weighted by Gasteiger charge is 2.45. The van der Waals surface area contributed by atoms with Crippen molar-refractivity contribution in [1.82, 2.24) is 4.90 Å². The topological polar surface area (TPSA) is 49.8 Å². The Hall–Kier alpha value is 0.190. The molecule has 1 rings (SSSR count). The first kappa shape index (κ1) is 12.3. The van der Waals surface area contributed by atoms with Gasteiger partial charge in [-0.25, -0.2) is 4.79 Å². The first-order valence-corrected chi connectivity index (χ1v) is 5.96. The summed E-state index contributed by atoms with van der Waals surface area (Å²) < 4.78 is 4.38. The Morgan fingerprint density at radius 1 is 1.64 bits per heavy atom. The van der Waals surface area contributed by atoms with Gasteiger partial charge in [0.1, 0.15) is 3.23 Å². The Morgan fingerprint density at radius 2 is 2.21 bits per heavy atom.